The van der Waals surface area contributed by atoms with Crippen LogP contribution in [0.1, 0.15) is 39.2 Å². The fourth-order valence-electron chi connectivity index (χ4n) is 2.66. The van der Waals surface area contributed by atoms with Crippen molar-refractivity contribution >= 4 is 10.8 Å². The van der Waals surface area contributed by atoms with Crippen molar-refractivity contribution in [3.8, 4) is 5.75 Å². The van der Waals surface area contributed by atoms with Gasteiger partial charge in [0.15, 0.2) is 0 Å². The van der Waals surface area contributed by atoms with Gasteiger partial charge < -0.3 is 10.1 Å². The van der Waals surface area contributed by atoms with E-state index in [0.29, 0.717) is 0 Å². The first-order valence-electron chi connectivity index (χ1n) is 7.81. The van der Waals surface area contributed by atoms with Crippen LogP contribution in [0.15, 0.2) is 36.4 Å². The largest absolute Gasteiger partial charge is 0.496 e. The number of fused-ring (bicyclic) bond motifs is 1. The van der Waals surface area contributed by atoms with Crippen LogP contribution in [0, 0.1) is 0 Å². The van der Waals surface area contributed by atoms with E-state index in [0.717, 1.165) is 18.7 Å². The van der Waals surface area contributed by atoms with E-state index in [1.807, 2.05) is 0 Å². The molecule has 0 amide bonds. The molecule has 0 bridgehead atoms. The van der Waals surface area contributed by atoms with E-state index < -0.39 is 0 Å². The van der Waals surface area contributed by atoms with E-state index in [4.69, 9.17) is 4.74 Å². The number of hydrogen-bond donors (Lipinski definition) is 1. The Bertz CT molecular complexity index is 584. The van der Waals surface area contributed by atoms with E-state index in [1.54, 1.807) is 7.11 Å². The Morgan fingerprint density at radius 1 is 1.00 bits per heavy atom. The van der Waals surface area contributed by atoms with Crippen molar-refractivity contribution in [3.63, 3.8) is 0 Å². The summed E-state index contributed by atoms with van der Waals surface area (Å²) in [6.07, 6.45) is 3.42. The minimum atomic E-state index is 0.205. The lowest BCUT2D eigenvalue weighted by Crippen LogP contribution is -2.36. The first-order valence-corrected chi connectivity index (χ1v) is 7.81. The highest BCUT2D eigenvalue weighted by Crippen LogP contribution is 2.29. The van der Waals surface area contributed by atoms with Crippen LogP contribution in [0.4, 0.5) is 0 Å². The van der Waals surface area contributed by atoms with Crippen LogP contribution < -0.4 is 10.1 Å². The summed E-state index contributed by atoms with van der Waals surface area (Å²) in [4.78, 5) is 0. The fraction of sp³-hybridized carbons (Fsp3) is 0.474. The van der Waals surface area contributed by atoms with Crippen LogP contribution in [0.5, 0.6) is 5.75 Å². The quantitative estimate of drug-likeness (QED) is 0.786. The Balaban J connectivity index is 2.03. The smallest absolute Gasteiger partial charge is 0.122 e. The molecule has 0 fully saturated rings. The Morgan fingerprint density at radius 2 is 1.76 bits per heavy atom. The predicted molar refractivity (Wildman–Crippen MR) is 91.2 cm³/mol. The lowest BCUT2D eigenvalue weighted by atomic mass is 9.99. The number of rotatable bonds is 6. The minimum Gasteiger partial charge on any atom is -0.496 e. The molecule has 1 N–H and O–H groups in total. The zero-order valence-corrected chi connectivity index (χ0v) is 13.7. The number of nitrogens with one attached hydrogen (secondary N) is 1. The summed E-state index contributed by atoms with van der Waals surface area (Å²) >= 11 is 0. The lowest BCUT2D eigenvalue weighted by molar-refractivity contribution is 0.406. The van der Waals surface area contributed by atoms with Crippen molar-refractivity contribution in [2.75, 3.05) is 13.7 Å². The van der Waals surface area contributed by atoms with Crippen LogP contribution in [0.25, 0.3) is 10.8 Å². The maximum Gasteiger partial charge on any atom is 0.122 e. The second-order valence-corrected chi connectivity index (χ2v) is 6.60. The molecule has 0 spiro atoms. The molecule has 0 radical (unpaired) electrons. The van der Waals surface area contributed by atoms with E-state index in [1.165, 1.54) is 29.2 Å². The monoisotopic (exact) mass is 285 g/mol. The summed E-state index contributed by atoms with van der Waals surface area (Å²) in [6, 6.07) is 12.8. The van der Waals surface area contributed by atoms with Crippen LogP contribution in [0.3, 0.4) is 0 Å². The van der Waals surface area contributed by atoms with Gasteiger partial charge in [0.25, 0.3) is 0 Å². The van der Waals surface area contributed by atoms with Gasteiger partial charge in [-0.05, 0) is 63.4 Å². The molecule has 0 unspecified atom stereocenters. The standard InChI is InChI=1S/C19H27NO/c1-19(2,3)20-14-8-7-11-17-16-10-6-5-9-15(16)12-13-18(17)21-4/h5-6,9-10,12-13,20H,7-8,11,14H2,1-4H3. The third kappa shape index (κ3) is 4.47. The molecule has 2 aromatic rings. The van der Waals surface area contributed by atoms with Crippen molar-refractivity contribution in [2.45, 2.75) is 45.6 Å². The molecule has 0 saturated heterocycles. The molecule has 2 heteroatoms. The van der Waals surface area contributed by atoms with Crippen molar-refractivity contribution in [2.24, 2.45) is 0 Å². The summed E-state index contributed by atoms with van der Waals surface area (Å²) in [7, 11) is 1.76. The number of hydrogen-bond acceptors (Lipinski definition) is 2. The zero-order chi connectivity index (χ0) is 15.3. The highest BCUT2D eigenvalue weighted by molar-refractivity contribution is 5.87. The van der Waals surface area contributed by atoms with Gasteiger partial charge in [0.05, 0.1) is 7.11 Å². The van der Waals surface area contributed by atoms with E-state index in [9.17, 15) is 0 Å². The van der Waals surface area contributed by atoms with Gasteiger partial charge in [-0.2, -0.15) is 0 Å². The van der Waals surface area contributed by atoms with Gasteiger partial charge in [-0.25, -0.2) is 0 Å². The number of ether oxygens (including phenoxy) is 1. The Hall–Kier alpha value is -1.54. The van der Waals surface area contributed by atoms with Crippen molar-refractivity contribution < 1.29 is 4.74 Å². The first kappa shape index (κ1) is 15.8. The number of methoxy groups -OCH3 is 1. The summed E-state index contributed by atoms with van der Waals surface area (Å²) in [5.41, 5.74) is 1.54. The van der Waals surface area contributed by atoms with Crippen molar-refractivity contribution in [1.29, 1.82) is 0 Å². The fourth-order valence-corrected chi connectivity index (χ4v) is 2.66. The SMILES string of the molecule is COc1ccc2ccccc2c1CCCCNC(C)(C)C. The summed E-state index contributed by atoms with van der Waals surface area (Å²) in [5.74, 6) is 1.01. The van der Waals surface area contributed by atoms with Gasteiger partial charge in [-0.1, -0.05) is 30.3 Å². The third-order valence-electron chi connectivity index (χ3n) is 3.73. The van der Waals surface area contributed by atoms with Crippen LogP contribution in [0.2, 0.25) is 0 Å². The lowest BCUT2D eigenvalue weighted by Gasteiger charge is -2.20. The van der Waals surface area contributed by atoms with Crippen molar-refractivity contribution in [1.82, 2.24) is 5.32 Å². The molecular weight excluding hydrogens is 258 g/mol. The molecule has 2 rings (SSSR count). The number of aryl methyl sites for hydroxylation is 1. The van der Waals surface area contributed by atoms with E-state index in [2.05, 4.69) is 62.5 Å². The Labute approximate surface area is 128 Å². The van der Waals surface area contributed by atoms with Gasteiger partial charge in [0.2, 0.25) is 0 Å². The summed E-state index contributed by atoms with van der Waals surface area (Å²) in [5, 5.41) is 6.16. The second kappa shape index (κ2) is 6.95. The molecule has 0 atom stereocenters. The molecule has 0 aliphatic carbocycles. The van der Waals surface area contributed by atoms with Crippen LogP contribution in [-0.2, 0) is 6.42 Å². The molecule has 2 nitrogen and oxygen atoms in total. The van der Waals surface area contributed by atoms with Crippen molar-refractivity contribution in [3.05, 3.63) is 42.0 Å². The Kier molecular flexibility index (Phi) is 5.24. The zero-order valence-electron chi connectivity index (χ0n) is 13.7. The summed E-state index contributed by atoms with van der Waals surface area (Å²) in [6.45, 7) is 7.69. The Morgan fingerprint density at radius 3 is 2.48 bits per heavy atom. The second-order valence-electron chi connectivity index (χ2n) is 6.60. The van der Waals surface area contributed by atoms with Gasteiger partial charge >= 0.3 is 0 Å². The minimum absolute atomic E-state index is 0.205. The molecule has 114 valence electrons. The topological polar surface area (TPSA) is 21.3 Å². The third-order valence-corrected chi connectivity index (χ3v) is 3.73. The average molecular weight is 285 g/mol. The summed E-state index contributed by atoms with van der Waals surface area (Å²) < 4.78 is 5.55. The molecule has 0 heterocycles. The number of benzene rings is 2. The average Bonchev–Trinajstić information content (AvgIpc) is 2.45. The van der Waals surface area contributed by atoms with E-state index >= 15 is 0 Å². The maximum atomic E-state index is 5.55. The molecule has 0 aromatic heterocycles. The molecule has 0 aliphatic heterocycles. The first-order chi connectivity index (χ1) is 10.0. The highest BCUT2D eigenvalue weighted by Gasteiger charge is 2.09. The molecule has 2 aromatic carbocycles. The van der Waals surface area contributed by atoms with Crippen LogP contribution in [-0.4, -0.2) is 19.2 Å². The molecule has 0 saturated carbocycles. The highest BCUT2D eigenvalue weighted by atomic mass is 16.5. The van der Waals surface area contributed by atoms with Gasteiger partial charge in [-0.3, -0.25) is 0 Å². The number of unbranched alkanes of at least 4 members (excludes halogenated alkanes) is 1. The molecular formula is C19H27NO. The predicted octanol–water partition coefficient (Wildman–Crippen LogP) is 4.56. The van der Waals surface area contributed by atoms with Gasteiger partial charge in [0, 0.05) is 11.1 Å². The van der Waals surface area contributed by atoms with E-state index in [-0.39, 0.29) is 5.54 Å². The maximum absolute atomic E-state index is 5.55. The van der Waals surface area contributed by atoms with Gasteiger partial charge in [-0.15, -0.1) is 0 Å². The van der Waals surface area contributed by atoms with Gasteiger partial charge in [0.1, 0.15) is 5.75 Å². The molecule has 0 aliphatic rings. The normalized spacial score (nSPS) is 11.8. The van der Waals surface area contributed by atoms with Crippen LogP contribution >= 0.6 is 0 Å². The molecule has 21 heavy (non-hydrogen) atoms.